The average molecular weight is 242 g/mol. The molecule has 0 aromatic carbocycles. The van der Waals surface area contributed by atoms with Crippen LogP contribution in [0.4, 0.5) is 4.79 Å². The molecule has 0 atom stereocenters. The fourth-order valence-electron chi connectivity index (χ4n) is 1.82. The van der Waals surface area contributed by atoms with Crippen LogP contribution < -0.4 is 5.32 Å². The molecule has 1 aliphatic carbocycles. The Kier molecular flexibility index (Phi) is 4.07. The summed E-state index contributed by atoms with van der Waals surface area (Å²) < 4.78 is 5.33. The molecule has 0 aliphatic heterocycles. The molecule has 1 saturated carbocycles. The molecule has 0 aromatic rings. The smallest absolute Gasteiger partial charge is 0.410 e. The van der Waals surface area contributed by atoms with Crippen LogP contribution in [0.5, 0.6) is 0 Å². The zero-order valence-electron chi connectivity index (χ0n) is 12.0. The van der Waals surface area contributed by atoms with Gasteiger partial charge < -0.3 is 15.0 Å². The van der Waals surface area contributed by atoms with E-state index in [0.717, 1.165) is 0 Å². The third-order valence-electron chi connectivity index (χ3n) is 2.51. The maximum Gasteiger partial charge on any atom is 0.410 e. The van der Waals surface area contributed by atoms with Crippen molar-refractivity contribution >= 4 is 6.09 Å². The first-order chi connectivity index (χ1) is 7.59. The van der Waals surface area contributed by atoms with Crippen molar-refractivity contribution in [2.75, 3.05) is 13.6 Å². The quantitative estimate of drug-likeness (QED) is 0.823. The number of nitrogens with zero attached hydrogens (tertiary/aromatic N) is 1. The van der Waals surface area contributed by atoms with Crippen LogP contribution in [-0.2, 0) is 4.74 Å². The highest BCUT2D eigenvalue weighted by molar-refractivity contribution is 5.67. The molecular formula is C13H26N2O2. The SMILES string of the molecule is CN(CC(C)(C)NC1CC1)C(=O)OC(C)(C)C. The molecule has 1 N–H and O–H groups in total. The fraction of sp³-hybridized carbons (Fsp3) is 0.923. The van der Waals surface area contributed by atoms with Gasteiger partial charge in [0, 0.05) is 25.2 Å². The van der Waals surface area contributed by atoms with E-state index in [1.807, 2.05) is 20.8 Å². The van der Waals surface area contributed by atoms with Gasteiger partial charge in [-0.05, 0) is 47.5 Å². The van der Waals surface area contributed by atoms with Gasteiger partial charge >= 0.3 is 6.09 Å². The molecule has 1 aliphatic rings. The van der Waals surface area contributed by atoms with Crippen molar-refractivity contribution in [3.63, 3.8) is 0 Å². The minimum atomic E-state index is -0.431. The number of carbonyl (C=O) groups is 1. The molecular weight excluding hydrogens is 216 g/mol. The van der Waals surface area contributed by atoms with E-state index >= 15 is 0 Å². The van der Waals surface area contributed by atoms with Gasteiger partial charge in [0.25, 0.3) is 0 Å². The lowest BCUT2D eigenvalue weighted by molar-refractivity contribution is 0.0257. The molecule has 0 bridgehead atoms. The van der Waals surface area contributed by atoms with Gasteiger partial charge in [-0.1, -0.05) is 0 Å². The molecule has 4 nitrogen and oxygen atoms in total. The van der Waals surface area contributed by atoms with Crippen LogP contribution in [0.15, 0.2) is 0 Å². The number of hydrogen-bond acceptors (Lipinski definition) is 3. The second-order valence-electron chi connectivity index (χ2n) is 6.64. The Hall–Kier alpha value is -0.770. The zero-order valence-corrected chi connectivity index (χ0v) is 12.0. The van der Waals surface area contributed by atoms with Crippen molar-refractivity contribution in [3.05, 3.63) is 0 Å². The summed E-state index contributed by atoms with van der Waals surface area (Å²) in [6.45, 7) is 10.5. The third-order valence-corrected chi connectivity index (χ3v) is 2.51. The Morgan fingerprint density at radius 3 is 2.24 bits per heavy atom. The molecule has 100 valence electrons. The van der Waals surface area contributed by atoms with E-state index in [0.29, 0.717) is 12.6 Å². The summed E-state index contributed by atoms with van der Waals surface area (Å²) in [5.41, 5.74) is -0.494. The number of likely N-dealkylation sites (N-methyl/N-ethyl adjacent to an activating group) is 1. The van der Waals surface area contributed by atoms with Gasteiger partial charge in [-0.25, -0.2) is 4.79 Å². The second kappa shape index (κ2) is 4.84. The highest BCUT2D eigenvalue weighted by atomic mass is 16.6. The maximum atomic E-state index is 11.8. The van der Waals surface area contributed by atoms with Crippen molar-refractivity contribution in [2.45, 2.75) is 64.6 Å². The molecule has 0 aromatic heterocycles. The van der Waals surface area contributed by atoms with Crippen molar-refractivity contribution in [2.24, 2.45) is 0 Å². The molecule has 0 heterocycles. The first-order valence-corrected chi connectivity index (χ1v) is 6.31. The monoisotopic (exact) mass is 242 g/mol. The molecule has 4 heteroatoms. The molecule has 1 amide bonds. The first kappa shape index (κ1) is 14.3. The molecule has 1 rings (SSSR count). The fourth-order valence-corrected chi connectivity index (χ4v) is 1.82. The standard InChI is InChI=1S/C13H26N2O2/c1-12(2,3)17-11(16)15(6)9-13(4,5)14-10-7-8-10/h10,14H,7-9H2,1-6H3. The maximum absolute atomic E-state index is 11.8. The predicted octanol–water partition coefficient (Wildman–Crippen LogP) is 2.38. The average Bonchev–Trinajstić information content (AvgIpc) is 2.82. The van der Waals surface area contributed by atoms with Crippen molar-refractivity contribution in [1.82, 2.24) is 10.2 Å². The summed E-state index contributed by atoms with van der Waals surface area (Å²) in [5.74, 6) is 0. The molecule has 0 radical (unpaired) electrons. The highest BCUT2D eigenvalue weighted by Gasteiger charge is 2.31. The Balaban J connectivity index is 2.40. The lowest BCUT2D eigenvalue weighted by atomic mass is 10.1. The van der Waals surface area contributed by atoms with E-state index in [1.54, 1.807) is 11.9 Å². The normalized spacial score (nSPS) is 16.8. The van der Waals surface area contributed by atoms with Gasteiger partial charge in [0.1, 0.15) is 5.60 Å². The van der Waals surface area contributed by atoms with E-state index in [1.165, 1.54) is 12.8 Å². The summed E-state index contributed by atoms with van der Waals surface area (Å²) in [7, 11) is 1.78. The van der Waals surface area contributed by atoms with Crippen LogP contribution in [-0.4, -0.2) is 41.8 Å². The van der Waals surface area contributed by atoms with E-state index in [4.69, 9.17) is 4.74 Å². The number of ether oxygens (including phenoxy) is 1. The number of carbonyl (C=O) groups excluding carboxylic acids is 1. The third kappa shape index (κ3) is 5.91. The summed E-state index contributed by atoms with van der Waals surface area (Å²) in [4.78, 5) is 13.5. The molecule has 0 saturated heterocycles. The van der Waals surface area contributed by atoms with Crippen LogP contribution in [0.3, 0.4) is 0 Å². The van der Waals surface area contributed by atoms with E-state index in [2.05, 4.69) is 19.2 Å². The molecule has 17 heavy (non-hydrogen) atoms. The Bertz CT molecular complexity index is 278. The number of nitrogens with one attached hydrogen (secondary N) is 1. The minimum absolute atomic E-state index is 0.0627. The molecule has 0 unspecified atom stereocenters. The molecule has 0 spiro atoms. The first-order valence-electron chi connectivity index (χ1n) is 6.31. The second-order valence-corrected chi connectivity index (χ2v) is 6.64. The van der Waals surface area contributed by atoms with Crippen LogP contribution in [0.1, 0.15) is 47.5 Å². The van der Waals surface area contributed by atoms with Gasteiger partial charge in [0.2, 0.25) is 0 Å². The van der Waals surface area contributed by atoms with Crippen LogP contribution >= 0.6 is 0 Å². The Morgan fingerprint density at radius 1 is 1.29 bits per heavy atom. The summed E-state index contributed by atoms with van der Waals surface area (Å²) >= 11 is 0. The van der Waals surface area contributed by atoms with Gasteiger partial charge in [-0.3, -0.25) is 0 Å². The summed E-state index contributed by atoms with van der Waals surface area (Å²) in [6, 6.07) is 0.636. The van der Waals surface area contributed by atoms with Gasteiger partial charge in [0.15, 0.2) is 0 Å². The van der Waals surface area contributed by atoms with E-state index in [-0.39, 0.29) is 11.6 Å². The van der Waals surface area contributed by atoms with Crippen molar-refractivity contribution < 1.29 is 9.53 Å². The largest absolute Gasteiger partial charge is 0.444 e. The van der Waals surface area contributed by atoms with Crippen LogP contribution in [0.25, 0.3) is 0 Å². The topological polar surface area (TPSA) is 41.6 Å². The lowest BCUT2D eigenvalue weighted by Gasteiger charge is -2.32. The Morgan fingerprint density at radius 2 is 1.82 bits per heavy atom. The highest BCUT2D eigenvalue weighted by Crippen LogP contribution is 2.22. The number of hydrogen-bond donors (Lipinski definition) is 1. The van der Waals surface area contributed by atoms with Gasteiger partial charge in [0.05, 0.1) is 0 Å². The van der Waals surface area contributed by atoms with Gasteiger partial charge in [-0.15, -0.1) is 0 Å². The van der Waals surface area contributed by atoms with Crippen molar-refractivity contribution in [3.8, 4) is 0 Å². The predicted molar refractivity (Wildman–Crippen MR) is 69.1 cm³/mol. The van der Waals surface area contributed by atoms with E-state index < -0.39 is 5.60 Å². The zero-order chi connectivity index (χ0) is 13.3. The number of rotatable bonds is 4. The molecule has 1 fully saturated rings. The minimum Gasteiger partial charge on any atom is -0.444 e. The number of amides is 1. The summed E-state index contributed by atoms with van der Waals surface area (Å²) in [6.07, 6.45) is 2.24. The van der Waals surface area contributed by atoms with Gasteiger partial charge in [-0.2, -0.15) is 0 Å². The van der Waals surface area contributed by atoms with Crippen LogP contribution in [0, 0.1) is 0 Å². The Labute approximate surface area is 105 Å². The van der Waals surface area contributed by atoms with Crippen molar-refractivity contribution in [1.29, 1.82) is 0 Å². The summed E-state index contributed by atoms with van der Waals surface area (Å²) in [5, 5.41) is 3.53. The van der Waals surface area contributed by atoms with E-state index in [9.17, 15) is 4.79 Å². The lowest BCUT2D eigenvalue weighted by Crippen LogP contribution is -2.51. The van der Waals surface area contributed by atoms with Crippen LogP contribution in [0.2, 0.25) is 0 Å².